The van der Waals surface area contributed by atoms with Crippen molar-refractivity contribution in [2.75, 3.05) is 5.43 Å². The molecule has 0 aliphatic rings. The summed E-state index contributed by atoms with van der Waals surface area (Å²) in [6.07, 6.45) is 0. The zero-order valence-electron chi connectivity index (χ0n) is 14.8. The van der Waals surface area contributed by atoms with Gasteiger partial charge in [-0.2, -0.15) is 5.10 Å². The second-order valence-corrected chi connectivity index (χ2v) is 7.06. The van der Waals surface area contributed by atoms with Crippen molar-refractivity contribution >= 4 is 33.1 Å². The van der Waals surface area contributed by atoms with Crippen LogP contribution in [0.2, 0.25) is 0 Å². The fourth-order valence-corrected chi connectivity index (χ4v) is 3.76. The second kappa shape index (κ2) is 6.72. The van der Waals surface area contributed by atoms with E-state index in [2.05, 4.69) is 38.7 Å². The molecule has 1 N–H and O–H groups in total. The van der Waals surface area contributed by atoms with Crippen molar-refractivity contribution in [1.29, 1.82) is 0 Å². The van der Waals surface area contributed by atoms with Gasteiger partial charge >= 0.3 is 0 Å². The van der Waals surface area contributed by atoms with Crippen LogP contribution in [0.5, 0.6) is 0 Å². The maximum atomic E-state index is 5.61. The number of hydrogen-bond acceptors (Lipinski definition) is 6. The van der Waals surface area contributed by atoms with Gasteiger partial charge < -0.3 is 4.42 Å². The van der Waals surface area contributed by atoms with E-state index in [1.807, 2.05) is 51.1 Å². The van der Waals surface area contributed by atoms with Crippen LogP contribution in [-0.2, 0) is 0 Å². The summed E-state index contributed by atoms with van der Waals surface area (Å²) in [6.45, 7) is 5.70. The lowest BCUT2D eigenvalue weighted by molar-refractivity contribution is 0.525. The largest absolute Gasteiger partial charge is 0.460 e. The van der Waals surface area contributed by atoms with Gasteiger partial charge in [0.25, 0.3) is 0 Å². The summed E-state index contributed by atoms with van der Waals surface area (Å²) in [5.41, 5.74) is 5.02. The maximum absolute atomic E-state index is 5.61. The molecule has 0 aliphatic carbocycles. The summed E-state index contributed by atoms with van der Waals surface area (Å²) in [4.78, 5) is 11.2. The van der Waals surface area contributed by atoms with Crippen LogP contribution in [0.1, 0.15) is 24.3 Å². The minimum absolute atomic E-state index is 0.702. The summed E-state index contributed by atoms with van der Waals surface area (Å²) in [7, 11) is 0. The molecule has 0 aliphatic heterocycles. The molecule has 3 aromatic heterocycles. The predicted octanol–water partition coefficient (Wildman–Crippen LogP) is 5.40. The molecule has 0 spiro atoms. The van der Waals surface area contributed by atoms with Crippen molar-refractivity contribution in [2.45, 2.75) is 20.8 Å². The number of aryl methyl sites for hydroxylation is 2. The van der Waals surface area contributed by atoms with Gasteiger partial charge in [-0.1, -0.05) is 30.3 Å². The highest BCUT2D eigenvalue weighted by Crippen LogP contribution is 2.35. The molecule has 4 aromatic rings. The van der Waals surface area contributed by atoms with Crippen LogP contribution in [-0.4, -0.2) is 15.7 Å². The number of rotatable bonds is 4. The van der Waals surface area contributed by atoms with Gasteiger partial charge in [-0.15, -0.1) is 11.3 Å². The van der Waals surface area contributed by atoms with Crippen LogP contribution in [0.15, 0.2) is 58.0 Å². The standard InChI is InChI=1S/C20H18N4OS/c1-12-9-10-17(25-12)13(2)23-24-19-16-11-18(15-7-5-4-6-8-15)26-20(16)22-14(3)21-19/h4-11H,1-3H3,(H,21,22,24)/b23-13-. The number of hydrogen-bond donors (Lipinski definition) is 1. The Kier molecular flexibility index (Phi) is 4.26. The van der Waals surface area contributed by atoms with Gasteiger partial charge in [0.1, 0.15) is 27.9 Å². The van der Waals surface area contributed by atoms with E-state index in [1.54, 1.807) is 11.3 Å². The molecule has 0 fully saturated rings. The molecule has 0 saturated carbocycles. The van der Waals surface area contributed by atoms with E-state index < -0.39 is 0 Å². The normalized spacial score (nSPS) is 11.9. The van der Waals surface area contributed by atoms with E-state index in [1.165, 1.54) is 5.56 Å². The molecule has 6 heteroatoms. The summed E-state index contributed by atoms with van der Waals surface area (Å²) in [5.74, 6) is 3.02. The van der Waals surface area contributed by atoms with Gasteiger partial charge in [0.2, 0.25) is 0 Å². The summed E-state index contributed by atoms with van der Waals surface area (Å²) in [5, 5.41) is 5.40. The number of aromatic nitrogens is 2. The molecular formula is C20H18N4OS. The molecule has 0 unspecified atom stereocenters. The summed E-state index contributed by atoms with van der Waals surface area (Å²) < 4.78 is 5.61. The lowest BCUT2D eigenvalue weighted by Gasteiger charge is -2.03. The zero-order chi connectivity index (χ0) is 18.1. The van der Waals surface area contributed by atoms with E-state index in [0.717, 1.165) is 32.3 Å². The first-order chi connectivity index (χ1) is 12.6. The maximum Gasteiger partial charge on any atom is 0.158 e. The Balaban J connectivity index is 1.71. The third-order valence-corrected chi connectivity index (χ3v) is 5.07. The molecule has 0 saturated heterocycles. The fraction of sp³-hybridized carbons (Fsp3) is 0.150. The molecule has 1 aromatic carbocycles. The van der Waals surface area contributed by atoms with Crippen molar-refractivity contribution in [2.24, 2.45) is 5.10 Å². The predicted molar refractivity (Wildman–Crippen MR) is 107 cm³/mol. The Morgan fingerprint density at radius 1 is 1.08 bits per heavy atom. The molecule has 3 heterocycles. The molecule has 0 amide bonds. The van der Waals surface area contributed by atoms with Crippen LogP contribution < -0.4 is 5.43 Å². The van der Waals surface area contributed by atoms with E-state index in [9.17, 15) is 0 Å². The molecule has 5 nitrogen and oxygen atoms in total. The van der Waals surface area contributed by atoms with Crippen molar-refractivity contribution in [1.82, 2.24) is 9.97 Å². The molecule has 4 rings (SSSR count). The van der Waals surface area contributed by atoms with Gasteiger partial charge in [0.05, 0.1) is 5.39 Å². The zero-order valence-corrected chi connectivity index (χ0v) is 15.6. The van der Waals surface area contributed by atoms with Crippen molar-refractivity contribution in [3.8, 4) is 10.4 Å². The van der Waals surface area contributed by atoms with Crippen LogP contribution in [0, 0.1) is 13.8 Å². The van der Waals surface area contributed by atoms with Crippen LogP contribution >= 0.6 is 11.3 Å². The lowest BCUT2D eigenvalue weighted by atomic mass is 10.2. The van der Waals surface area contributed by atoms with E-state index in [4.69, 9.17) is 4.42 Å². The molecule has 130 valence electrons. The van der Waals surface area contributed by atoms with Crippen LogP contribution in [0.25, 0.3) is 20.7 Å². The van der Waals surface area contributed by atoms with Crippen LogP contribution in [0.3, 0.4) is 0 Å². The molecule has 0 radical (unpaired) electrons. The lowest BCUT2D eigenvalue weighted by Crippen LogP contribution is -2.01. The van der Waals surface area contributed by atoms with Crippen LogP contribution in [0.4, 0.5) is 5.82 Å². The minimum atomic E-state index is 0.702. The van der Waals surface area contributed by atoms with E-state index in [0.29, 0.717) is 11.6 Å². The Hall–Kier alpha value is -2.99. The molecule has 0 bridgehead atoms. The number of anilines is 1. The van der Waals surface area contributed by atoms with Gasteiger partial charge in [0, 0.05) is 4.88 Å². The number of hydrazone groups is 1. The number of furan rings is 1. The topological polar surface area (TPSA) is 63.3 Å². The van der Waals surface area contributed by atoms with Gasteiger partial charge in [-0.25, -0.2) is 9.97 Å². The third-order valence-electron chi connectivity index (χ3n) is 3.99. The summed E-state index contributed by atoms with van der Waals surface area (Å²) in [6, 6.07) is 16.2. The SMILES string of the molecule is C/C(=N/Nc1nc(C)nc2sc(-c3ccccc3)cc12)c1ccc(C)o1. The number of benzene rings is 1. The Morgan fingerprint density at radius 3 is 2.62 bits per heavy atom. The van der Waals surface area contributed by atoms with Gasteiger partial charge in [-0.05, 0) is 44.5 Å². The number of fused-ring (bicyclic) bond motifs is 1. The molecule has 26 heavy (non-hydrogen) atoms. The fourth-order valence-electron chi connectivity index (χ4n) is 2.68. The molecular weight excluding hydrogens is 344 g/mol. The van der Waals surface area contributed by atoms with Crippen molar-refractivity contribution in [3.05, 3.63) is 65.9 Å². The first kappa shape index (κ1) is 16.5. The Labute approximate surface area is 155 Å². The van der Waals surface area contributed by atoms with Gasteiger partial charge in [-0.3, -0.25) is 5.43 Å². The highest BCUT2D eigenvalue weighted by atomic mass is 32.1. The average molecular weight is 362 g/mol. The molecule has 0 atom stereocenters. The Morgan fingerprint density at radius 2 is 1.88 bits per heavy atom. The van der Waals surface area contributed by atoms with Crippen molar-refractivity contribution < 1.29 is 4.42 Å². The quantitative estimate of drug-likeness (QED) is 0.390. The van der Waals surface area contributed by atoms with E-state index >= 15 is 0 Å². The van der Waals surface area contributed by atoms with Gasteiger partial charge in [0.15, 0.2) is 5.82 Å². The Bertz CT molecular complexity index is 1100. The first-order valence-electron chi connectivity index (χ1n) is 8.31. The smallest absolute Gasteiger partial charge is 0.158 e. The second-order valence-electron chi connectivity index (χ2n) is 6.03. The first-order valence-corrected chi connectivity index (χ1v) is 9.12. The highest BCUT2D eigenvalue weighted by molar-refractivity contribution is 7.21. The highest BCUT2D eigenvalue weighted by Gasteiger charge is 2.12. The number of thiophene rings is 1. The van der Waals surface area contributed by atoms with Crippen molar-refractivity contribution in [3.63, 3.8) is 0 Å². The minimum Gasteiger partial charge on any atom is -0.460 e. The number of nitrogens with one attached hydrogen (secondary N) is 1. The number of nitrogens with zero attached hydrogens (tertiary/aromatic N) is 3. The third kappa shape index (κ3) is 3.23. The monoisotopic (exact) mass is 362 g/mol. The average Bonchev–Trinajstić information content (AvgIpc) is 3.26. The summed E-state index contributed by atoms with van der Waals surface area (Å²) >= 11 is 1.65. The van der Waals surface area contributed by atoms with E-state index in [-0.39, 0.29) is 0 Å².